The van der Waals surface area contributed by atoms with Gasteiger partial charge in [-0.1, -0.05) is 35.9 Å². The Kier molecular flexibility index (Phi) is 5.83. The zero-order chi connectivity index (χ0) is 16.0. The van der Waals surface area contributed by atoms with Gasteiger partial charge in [0.05, 0.1) is 12.9 Å². The molecule has 0 saturated heterocycles. The van der Waals surface area contributed by atoms with Gasteiger partial charge in [-0.05, 0) is 41.8 Å². The first-order valence-corrected chi connectivity index (χ1v) is 8.86. The first-order chi connectivity index (χ1) is 10.5. The molecule has 0 amide bonds. The molecule has 2 rings (SSSR count). The summed E-state index contributed by atoms with van der Waals surface area (Å²) in [6.07, 6.45) is 0.629. The standard InChI is InChI=1S/C16H18ClNO3S/c1-21-16-8-4-13(5-9-16)10-11-18-22(19,20)12-14-2-6-15(17)7-3-14/h2-9,18H,10-12H2,1H3. The van der Waals surface area contributed by atoms with Crippen molar-refractivity contribution in [1.29, 1.82) is 0 Å². The van der Waals surface area contributed by atoms with Crippen molar-refractivity contribution in [3.05, 3.63) is 64.7 Å². The Bertz CT molecular complexity index is 697. The number of ether oxygens (including phenoxy) is 1. The molecule has 0 spiro atoms. The summed E-state index contributed by atoms with van der Waals surface area (Å²) in [6, 6.07) is 14.4. The topological polar surface area (TPSA) is 55.4 Å². The van der Waals surface area contributed by atoms with Crippen LogP contribution in [0.1, 0.15) is 11.1 Å². The maximum Gasteiger partial charge on any atom is 0.215 e. The van der Waals surface area contributed by atoms with E-state index in [1.807, 2.05) is 24.3 Å². The minimum absolute atomic E-state index is 0.0488. The molecule has 2 aromatic carbocycles. The Labute approximate surface area is 136 Å². The second kappa shape index (κ2) is 7.63. The molecule has 0 heterocycles. The predicted molar refractivity (Wildman–Crippen MR) is 88.8 cm³/mol. The average molecular weight is 340 g/mol. The molecule has 2 aromatic rings. The third-order valence-corrected chi connectivity index (χ3v) is 4.77. The molecule has 0 aliphatic carbocycles. The number of benzene rings is 2. The van der Waals surface area contributed by atoms with Crippen LogP contribution in [-0.4, -0.2) is 22.1 Å². The molecule has 0 fully saturated rings. The Morgan fingerprint density at radius 2 is 1.59 bits per heavy atom. The van der Waals surface area contributed by atoms with Crippen molar-refractivity contribution in [2.45, 2.75) is 12.2 Å². The molecule has 6 heteroatoms. The van der Waals surface area contributed by atoms with Crippen LogP contribution >= 0.6 is 11.6 Å². The highest BCUT2D eigenvalue weighted by molar-refractivity contribution is 7.88. The van der Waals surface area contributed by atoms with Crippen molar-refractivity contribution in [3.63, 3.8) is 0 Å². The third-order valence-electron chi connectivity index (χ3n) is 3.16. The van der Waals surface area contributed by atoms with E-state index in [0.717, 1.165) is 11.3 Å². The molecule has 4 nitrogen and oxygen atoms in total. The first-order valence-electron chi connectivity index (χ1n) is 6.83. The van der Waals surface area contributed by atoms with Crippen molar-refractivity contribution in [2.24, 2.45) is 0 Å². The predicted octanol–water partition coefficient (Wildman–Crippen LogP) is 3.01. The SMILES string of the molecule is COc1ccc(CCNS(=O)(=O)Cc2ccc(Cl)cc2)cc1. The van der Waals surface area contributed by atoms with Gasteiger partial charge < -0.3 is 4.74 Å². The van der Waals surface area contributed by atoms with Gasteiger partial charge in [-0.15, -0.1) is 0 Å². The van der Waals surface area contributed by atoms with Crippen molar-refractivity contribution in [1.82, 2.24) is 4.72 Å². The van der Waals surface area contributed by atoms with E-state index >= 15 is 0 Å². The molecule has 0 aliphatic rings. The van der Waals surface area contributed by atoms with E-state index in [1.165, 1.54) is 0 Å². The summed E-state index contributed by atoms with van der Waals surface area (Å²) < 4.78 is 31.7. The zero-order valence-electron chi connectivity index (χ0n) is 12.3. The Morgan fingerprint density at radius 3 is 2.18 bits per heavy atom. The van der Waals surface area contributed by atoms with Crippen molar-refractivity contribution >= 4 is 21.6 Å². The smallest absolute Gasteiger partial charge is 0.215 e. The summed E-state index contributed by atoms with van der Waals surface area (Å²) in [7, 11) is -1.74. The van der Waals surface area contributed by atoms with E-state index < -0.39 is 10.0 Å². The number of hydrogen-bond acceptors (Lipinski definition) is 3. The number of halogens is 1. The Balaban J connectivity index is 1.85. The monoisotopic (exact) mass is 339 g/mol. The van der Waals surface area contributed by atoms with Crippen molar-refractivity contribution in [2.75, 3.05) is 13.7 Å². The molecule has 0 atom stereocenters. The second-order valence-electron chi connectivity index (χ2n) is 4.88. The summed E-state index contributed by atoms with van der Waals surface area (Å²) in [5.74, 6) is 0.735. The fourth-order valence-electron chi connectivity index (χ4n) is 1.99. The lowest BCUT2D eigenvalue weighted by atomic mass is 10.1. The summed E-state index contributed by atoms with van der Waals surface area (Å²) >= 11 is 5.78. The number of methoxy groups -OCH3 is 1. The lowest BCUT2D eigenvalue weighted by Gasteiger charge is -2.07. The van der Waals surface area contributed by atoms with Crippen molar-refractivity contribution in [3.8, 4) is 5.75 Å². The van der Waals surface area contributed by atoms with E-state index in [0.29, 0.717) is 23.6 Å². The highest BCUT2D eigenvalue weighted by atomic mass is 35.5. The molecule has 0 aromatic heterocycles. The van der Waals surface area contributed by atoms with Crippen LogP contribution in [0.15, 0.2) is 48.5 Å². The summed E-state index contributed by atoms with van der Waals surface area (Å²) in [5, 5.41) is 0.591. The van der Waals surface area contributed by atoms with Crippen LogP contribution in [-0.2, 0) is 22.2 Å². The van der Waals surface area contributed by atoms with Gasteiger partial charge in [0.2, 0.25) is 10.0 Å². The van der Waals surface area contributed by atoms with E-state index in [1.54, 1.807) is 31.4 Å². The molecule has 0 aliphatic heterocycles. The first kappa shape index (κ1) is 16.8. The van der Waals surface area contributed by atoms with Gasteiger partial charge in [0.15, 0.2) is 0 Å². The lowest BCUT2D eigenvalue weighted by Crippen LogP contribution is -2.27. The average Bonchev–Trinajstić information content (AvgIpc) is 2.50. The maximum absolute atomic E-state index is 12.0. The van der Waals surface area contributed by atoms with E-state index in [2.05, 4.69) is 4.72 Å². The van der Waals surface area contributed by atoms with Crippen LogP contribution in [0.25, 0.3) is 0 Å². The fraction of sp³-hybridized carbons (Fsp3) is 0.250. The van der Waals surface area contributed by atoms with E-state index in [9.17, 15) is 8.42 Å². The number of sulfonamides is 1. The van der Waals surface area contributed by atoms with E-state index in [-0.39, 0.29) is 5.75 Å². The summed E-state index contributed by atoms with van der Waals surface area (Å²) in [6.45, 7) is 0.363. The van der Waals surface area contributed by atoms with Crippen molar-refractivity contribution < 1.29 is 13.2 Å². The van der Waals surface area contributed by atoms with Crippen LogP contribution in [0.2, 0.25) is 5.02 Å². The highest BCUT2D eigenvalue weighted by Crippen LogP contribution is 2.13. The molecule has 0 unspecified atom stereocenters. The zero-order valence-corrected chi connectivity index (χ0v) is 13.8. The fourth-order valence-corrected chi connectivity index (χ4v) is 3.27. The molecule has 118 valence electrons. The number of rotatable bonds is 7. The number of hydrogen-bond donors (Lipinski definition) is 1. The highest BCUT2D eigenvalue weighted by Gasteiger charge is 2.10. The molecule has 22 heavy (non-hydrogen) atoms. The van der Waals surface area contributed by atoms with Crippen LogP contribution in [0.3, 0.4) is 0 Å². The minimum Gasteiger partial charge on any atom is -0.497 e. The Hall–Kier alpha value is -1.56. The Morgan fingerprint density at radius 1 is 1.00 bits per heavy atom. The quantitative estimate of drug-likeness (QED) is 0.843. The maximum atomic E-state index is 12.0. The van der Waals surface area contributed by atoms with Gasteiger partial charge >= 0.3 is 0 Å². The lowest BCUT2D eigenvalue weighted by molar-refractivity contribution is 0.414. The molecular formula is C16H18ClNO3S. The molecule has 1 N–H and O–H groups in total. The minimum atomic E-state index is -3.35. The normalized spacial score (nSPS) is 11.4. The second-order valence-corrected chi connectivity index (χ2v) is 7.12. The van der Waals surface area contributed by atoms with Gasteiger partial charge in [-0.25, -0.2) is 13.1 Å². The van der Waals surface area contributed by atoms with Gasteiger partial charge in [-0.3, -0.25) is 0 Å². The van der Waals surface area contributed by atoms with Gasteiger partial charge in [0.25, 0.3) is 0 Å². The van der Waals surface area contributed by atoms with Gasteiger partial charge in [-0.2, -0.15) is 0 Å². The van der Waals surface area contributed by atoms with Crippen LogP contribution in [0.5, 0.6) is 5.75 Å². The van der Waals surface area contributed by atoms with Crippen LogP contribution < -0.4 is 9.46 Å². The molecule has 0 bridgehead atoms. The van der Waals surface area contributed by atoms with Crippen LogP contribution in [0.4, 0.5) is 0 Å². The largest absolute Gasteiger partial charge is 0.497 e. The third kappa shape index (κ3) is 5.33. The van der Waals surface area contributed by atoms with E-state index in [4.69, 9.17) is 16.3 Å². The molecule has 0 saturated carbocycles. The summed E-state index contributed by atoms with van der Waals surface area (Å²) in [5.41, 5.74) is 1.76. The molecular weight excluding hydrogens is 322 g/mol. The number of nitrogens with one attached hydrogen (secondary N) is 1. The van der Waals surface area contributed by atoms with Crippen LogP contribution in [0, 0.1) is 0 Å². The van der Waals surface area contributed by atoms with Gasteiger partial charge in [0.1, 0.15) is 5.75 Å². The summed E-state index contributed by atoms with van der Waals surface area (Å²) in [4.78, 5) is 0. The molecule has 0 radical (unpaired) electrons. The van der Waals surface area contributed by atoms with Gasteiger partial charge in [0, 0.05) is 11.6 Å².